The number of carbonyl (C=O) groups excluding carboxylic acids is 2. The molecule has 1 atom stereocenters. The van der Waals surface area contributed by atoms with Crippen molar-refractivity contribution >= 4 is 23.3 Å². The minimum atomic E-state index is -0.487. The van der Waals surface area contributed by atoms with E-state index < -0.39 is 11.7 Å². The highest BCUT2D eigenvalue weighted by atomic mass is 19.1. The minimum Gasteiger partial charge on any atom is -0.357 e. The van der Waals surface area contributed by atoms with Crippen LogP contribution in [0.25, 0.3) is 0 Å². The molecule has 1 aromatic carbocycles. The largest absolute Gasteiger partial charge is 0.357 e. The fraction of sp³-hybridized carbons (Fsp3) is 0.435. The van der Waals surface area contributed by atoms with Crippen LogP contribution < -0.4 is 15.1 Å². The molecule has 2 aliphatic rings. The SMILES string of the molecule is Cc1ccc(N2CC(C(=O)NCc3ccc(N4CCCCC4)nc3)CC2=O)c(F)c1. The average Bonchev–Trinajstić information content (AvgIpc) is 3.14. The number of anilines is 2. The van der Waals surface area contributed by atoms with Gasteiger partial charge in [0, 0.05) is 38.8 Å². The highest BCUT2D eigenvalue weighted by Gasteiger charge is 2.36. The number of nitrogens with one attached hydrogen (secondary N) is 1. The van der Waals surface area contributed by atoms with Crippen molar-refractivity contribution in [3.63, 3.8) is 0 Å². The van der Waals surface area contributed by atoms with Crippen molar-refractivity contribution in [2.75, 3.05) is 29.4 Å². The Morgan fingerprint density at radius 3 is 2.70 bits per heavy atom. The molecule has 0 bridgehead atoms. The van der Waals surface area contributed by atoms with Gasteiger partial charge < -0.3 is 15.1 Å². The molecule has 2 saturated heterocycles. The number of aromatic nitrogens is 1. The molecule has 2 aromatic rings. The molecule has 158 valence electrons. The summed E-state index contributed by atoms with van der Waals surface area (Å²) in [5, 5.41) is 2.89. The van der Waals surface area contributed by atoms with E-state index in [1.807, 2.05) is 12.1 Å². The Morgan fingerprint density at radius 1 is 1.20 bits per heavy atom. The summed E-state index contributed by atoms with van der Waals surface area (Å²) in [6.45, 7) is 4.42. The van der Waals surface area contributed by atoms with Crippen molar-refractivity contribution in [1.29, 1.82) is 0 Å². The first-order chi connectivity index (χ1) is 14.5. The molecule has 1 N–H and O–H groups in total. The molecule has 2 aliphatic heterocycles. The van der Waals surface area contributed by atoms with E-state index in [4.69, 9.17) is 0 Å². The van der Waals surface area contributed by atoms with Gasteiger partial charge in [0.1, 0.15) is 11.6 Å². The van der Waals surface area contributed by atoms with E-state index in [9.17, 15) is 14.0 Å². The molecule has 0 radical (unpaired) electrons. The summed E-state index contributed by atoms with van der Waals surface area (Å²) >= 11 is 0. The first-order valence-electron chi connectivity index (χ1n) is 10.6. The quantitative estimate of drug-likeness (QED) is 0.822. The number of aryl methyl sites for hydroxylation is 1. The second-order valence-electron chi connectivity index (χ2n) is 8.15. The molecule has 2 amide bonds. The van der Waals surface area contributed by atoms with E-state index in [-0.39, 0.29) is 30.5 Å². The van der Waals surface area contributed by atoms with E-state index in [0.29, 0.717) is 6.54 Å². The zero-order valence-corrected chi connectivity index (χ0v) is 17.2. The lowest BCUT2D eigenvalue weighted by molar-refractivity contribution is -0.126. The maximum absolute atomic E-state index is 14.2. The fourth-order valence-corrected chi connectivity index (χ4v) is 4.11. The van der Waals surface area contributed by atoms with Gasteiger partial charge in [-0.05, 0) is 55.5 Å². The van der Waals surface area contributed by atoms with Gasteiger partial charge in [0.25, 0.3) is 0 Å². The van der Waals surface area contributed by atoms with Crippen LogP contribution in [0.1, 0.15) is 36.8 Å². The lowest BCUT2D eigenvalue weighted by atomic mass is 10.1. The first kappa shape index (κ1) is 20.3. The fourth-order valence-electron chi connectivity index (χ4n) is 4.11. The van der Waals surface area contributed by atoms with E-state index in [0.717, 1.165) is 30.0 Å². The van der Waals surface area contributed by atoms with Crippen LogP contribution in [0.3, 0.4) is 0 Å². The van der Waals surface area contributed by atoms with Crippen LogP contribution in [0.4, 0.5) is 15.9 Å². The zero-order valence-electron chi connectivity index (χ0n) is 17.2. The van der Waals surface area contributed by atoms with Crippen LogP contribution in [0.15, 0.2) is 36.5 Å². The normalized spacial score (nSPS) is 19.3. The second kappa shape index (κ2) is 8.81. The van der Waals surface area contributed by atoms with Crippen molar-refractivity contribution in [2.45, 2.75) is 39.2 Å². The van der Waals surface area contributed by atoms with Crippen LogP contribution in [0.5, 0.6) is 0 Å². The van der Waals surface area contributed by atoms with Gasteiger partial charge in [-0.15, -0.1) is 0 Å². The molecule has 0 spiro atoms. The second-order valence-corrected chi connectivity index (χ2v) is 8.15. The number of carbonyl (C=O) groups is 2. The molecule has 2 fully saturated rings. The van der Waals surface area contributed by atoms with E-state index >= 15 is 0 Å². The molecule has 7 heteroatoms. The molecule has 6 nitrogen and oxygen atoms in total. The van der Waals surface area contributed by atoms with Gasteiger partial charge in [0.05, 0.1) is 11.6 Å². The monoisotopic (exact) mass is 410 g/mol. The van der Waals surface area contributed by atoms with Gasteiger partial charge >= 0.3 is 0 Å². The highest BCUT2D eigenvalue weighted by molar-refractivity contribution is 6.00. The number of rotatable bonds is 5. The summed E-state index contributed by atoms with van der Waals surface area (Å²) in [4.78, 5) is 33.1. The molecule has 0 saturated carbocycles. The van der Waals surface area contributed by atoms with Crippen molar-refractivity contribution in [2.24, 2.45) is 5.92 Å². The Bertz CT molecular complexity index is 925. The smallest absolute Gasteiger partial charge is 0.227 e. The zero-order chi connectivity index (χ0) is 21.1. The Balaban J connectivity index is 1.32. The third kappa shape index (κ3) is 4.45. The molecular formula is C23H27FN4O2. The number of benzene rings is 1. The van der Waals surface area contributed by atoms with Crippen molar-refractivity contribution in [3.8, 4) is 0 Å². The summed E-state index contributed by atoms with van der Waals surface area (Å²) in [5.74, 6) is -0.381. The van der Waals surface area contributed by atoms with Crippen LogP contribution in [0, 0.1) is 18.7 Å². The minimum absolute atomic E-state index is 0.0886. The molecule has 3 heterocycles. The van der Waals surface area contributed by atoms with Gasteiger partial charge in [0.15, 0.2) is 0 Å². The third-order valence-corrected chi connectivity index (χ3v) is 5.85. The van der Waals surface area contributed by atoms with E-state index in [1.165, 1.54) is 30.2 Å². The molecule has 1 unspecified atom stereocenters. The topological polar surface area (TPSA) is 65.5 Å². The number of halogens is 1. The van der Waals surface area contributed by atoms with Gasteiger partial charge in [-0.2, -0.15) is 0 Å². The van der Waals surface area contributed by atoms with E-state index in [1.54, 1.807) is 25.3 Å². The Labute approximate surface area is 176 Å². The predicted molar refractivity (Wildman–Crippen MR) is 114 cm³/mol. The molecule has 0 aliphatic carbocycles. The molecule has 1 aromatic heterocycles. The van der Waals surface area contributed by atoms with Crippen LogP contribution in [-0.2, 0) is 16.1 Å². The van der Waals surface area contributed by atoms with Gasteiger partial charge in [-0.1, -0.05) is 12.1 Å². The van der Waals surface area contributed by atoms with Gasteiger partial charge in [0.2, 0.25) is 11.8 Å². The third-order valence-electron chi connectivity index (χ3n) is 5.85. The number of amides is 2. The van der Waals surface area contributed by atoms with E-state index in [2.05, 4.69) is 15.2 Å². The number of pyridine rings is 1. The number of piperidine rings is 1. The number of nitrogens with zero attached hydrogens (tertiary/aromatic N) is 3. The standard InChI is InChI=1S/C23H27FN4O2/c1-16-5-7-20(19(24)11-16)28-15-18(12-22(28)29)23(30)26-14-17-6-8-21(25-13-17)27-9-3-2-4-10-27/h5-8,11,13,18H,2-4,9-10,12,14-15H2,1H3,(H,26,30). The number of hydrogen-bond donors (Lipinski definition) is 1. The summed E-state index contributed by atoms with van der Waals surface area (Å²) < 4.78 is 14.2. The maximum Gasteiger partial charge on any atom is 0.227 e. The van der Waals surface area contributed by atoms with Crippen molar-refractivity contribution < 1.29 is 14.0 Å². The Hall–Kier alpha value is -2.96. The highest BCUT2D eigenvalue weighted by Crippen LogP contribution is 2.28. The summed E-state index contributed by atoms with van der Waals surface area (Å²) in [6, 6.07) is 8.73. The first-order valence-corrected chi connectivity index (χ1v) is 10.6. The summed E-state index contributed by atoms with van der Waals surface area (Å²) in [6.07, 6.45) is 5.55. The average molecular weight is 410 g/mol. The number of hydrogen-bond acceptors (Lipinski definition) is 4. The van der Waals surface area contributed by atoms with Crippen LogP contribution in [0.2, 0.25) is 0 Å². The predicted octanol–water partition coefficient (Wildman–Crippen LogP) is 3.19. The Morgan fingerprint density at radius 2 is 2.00 bits per heavy atom. The van der Waals surface area contributed by atoms with Crippen LogP contribution in [-0.4, -0.2) is 36.4 Å². The van der Waals surface area contributed by atoms with Crippen molar-refractivity contribution in [1.82, 2.24) is 10.3 Å². The molecule has 30 heavy (non-hydrogen) atoms. The van der Waals surface area contributed by atoms with Crippen molar-refractivity contribution in [3.05, 3.63) is 53.5 Å². The molecule has 4 rings (SSSR count). The maximum atomic E-state index is 14.2. The molecular weight excluding hydrogens is 383 g/mol. The summed E-state index contributed by atoms with van der Waals surface area (Å²) in [5.41, 5.74) is 1.94. The van der Waals surface area contributed by atoms with Gasteiger partial charge in [-0.3, -0.25) is 9.59 Å². The lowest BCUT2D eigenvalue weighted by Gasteiger charge is -2.27. The van der Waals surface area contributed by atoms with Gasteiger partial charge in [-0.25, -0.2) is 9.37 Å². The Kier molecular flexibility index (Phi) is 5.97. The lowest BCUT2D eigenvalue weighted by Crippen LogP contribution is -2.33. The summed E-state index contributed by atoms with van der Waals surface area (Å²) in [7, 11) is 0. The van der Waals surface area contributed by atoms with Crippen LogP contribution >= 0.6 is 0 Å².